The van der Waals surface area contributed by atoms with Crippen LogP contribution in [-0.4, -0.2) is 31.7 Å². The van der Waals surface area contributed by atoms with Crippen molar-refractivity contribution in [3.8, 4) is 0 Å². The second-order valence-corrected chi connectivity index (χ2v) is 6.86. The number of carboxylic acids is 1. The van der Waals surface area contributed by atoms with E-state index in [0.717, 1.165) is 6.26 Å². The molecule has 24 heavy (non-hydrogen) atoms. The zero-order valence-corrected chi connectivity index (χ0v) is 13.8. The van der Waals surface area contributed by atoms with Crippen molar-refractivity contribution in [2.45, 2.75) is 20.0 Å². The third kappa shape index (κ3) is 4.70. The molecular weight excluding hydrogens is 340 g/mol. The molecule has 10 heteroatoms. The minimum atomic E-state index is -3.36. The van der Waals surface area contributed by atoms with Crippen LogP contribution < -0.4 is 10.0 Å². The molecule has 0 atom stereocenters. The Hall–Kier alpha value is -2.59. The van der Waals surface area contributed by atoms with E-state index in [-0.39, 0.29) is 35.9 Å². The lowest BCUT2D eigenvalue weighted by molar-refractivity contribution is 0.0694. The van der Waals surface area contributed by atoms with Gasteiger partial charge in [0.2, 0.25) is 10.0 Å². The minimum Gasteiger partial charge on any atom is -0.478 e. The van der Waals surface area contributed by atoms with Gasteiger partial charge in [-0.3, -0.25) is 4.79 Å². The molecule has 2 rings (SSSR count). The van der Waals surface area contributed by atoms with Crippen molar-refractivity contribution in [3.05, 3.63) is 46.8 Å². The number of sulfonamides is 1. The number of hydrogen-bond donors (Lipinski definition) is 3. The highest BCUT2D eigenvalue weighted by atomic mass is 32.2. The molecule has 0 aliphatic heterocycles. The minimum absolute atomic E-state index is 0.00189. The molecule has 0 aromatic carbocycles. The number of aromatic carboxylic acids is 1. The average molecular weight is 356 g/mol. The molecule has 0 aliphatic carbocycles. The molecule has 0 unspecified atom stereocenters. The highest BCUT2D eigenvalue weighted by molar-refractivity contribution is 7.88. The number of carbonyl (C=O) groups is 2. The zero-order valence-electron chi connectivity index (χ0n) is 13.0. The van der Waals surface area contributed by atoms with Crippen LogP contribution in [0.15, 0.2) is 27.0 Å². The van der Waals surface area contributed by atoms with E-state index in [1.807, 2.05) is 0 Å². The quantitative estimate of drug-likeness (QED) is 0.668. The summed E-state index contributed by atoms with van der Waals surface area (Å²) in [5.41, 5.74) is 0.0337. The topological polar surface area (TPSA) is 139 Å². The van der Waals surface area contributed by atoms with Gasteiger partial charge < -0.3 is 19.3 Å². The van der Waals surface area contributed by atoms with Crippen molar-refractivity contribution < 1.29 is 31.9 Å². The summed E-state index contributed by atoms with van der Waals surface area (Å²) in [6, 6.07) is 4.22. The van der Waals surface area contributed by atoms with Crippen LogP contribution in [0.1, 0.15) is 38.2 Å². The maximum Gasteiger partial charge on any atom is 0.339 e. The van der Waals surface area contributed by atoms with Gasteiger partial charge in [0, 0.05) is 0 Å². The molecule has 0 saturated carbocycles. The van der Waals surface area contributed by atoms with Gasteiger partial charge in [0.05, 0.1) is 19.3 Å². The molecule has 2 aromatic rings. The van der Waals surface area contributed by atoms with Crippen molar-refractivity contribution >= 4 is 21.9 Å². The van der Waals surface area contributed by atoms with Gasteiger partial charge in [0.1, 0.15) is 22.8 Å². The standard InChI is InChI=1S/C14H16N2O7S/c1-8-11(14(18)19)5-10(22-8)6-15-13(17)12-4-3-9(23-12)7-16-24(2,20)21/h3-5,16H,6-7H2,1-2H3,(H,15,17)(H,18,19). The van der Waals surface area contributed by atoms with Crippen molar-refractivity contribution in [1.82, 2.24) is 10.0 Å². The van der Waals surface area contributed by atoms with Crippen molar-refractivity contribution in [1.29, 1.82) is 0 Å². The van der Waals surface area contributed by atoms with Gasteiger partial charge in [-0.25, -0.2) is 17.9 Å². The monoisotopic (exact) mass is 356 g/mol. The molecule has 3 N–H and O–H groups in total. The third-order valence-corrected chi connectivity index (χ3v) is 3.69. The number of carbonyl (C=O) groups excluding carboxylic acids is 1. The van der Waals surface area contributed by atoms with Crippen LogP contribution in [0.25, 0.3) is 0 Å². The fourth-order valence-electron chi connectivity index (χ4n) is 1.89. The van der Waals surface area contributed by atoms with E-state index in [2.05, 4.69) is 10.0 Å². The fraction of sp³-hybridized carbons (Fsp3) is 0.286. The number of carboxylic acid groups (broad SMARTS) is 1. The number of nitrogens with one attached hydrogen (secondary N) is 2. The zero-order chi connectivity index (χ0) is 17.9. The first-order valence-corrected chi connectivity index (χ1v) is 8.69. The molecule has 9 nitrogen and oxygen atoms in total. The molecule has 0 bridgehead atoms. The molecule has 0 spiro atoms. The maximum atomic E-state index is 12.0. The van der Waals surface area contributed by atoms with E-state index in [9.17, 15) is 18.0 Å². The Kier molecular flexibility index (Phi) is 5.10. The summed E-state index contributed by atoms with van der Waals surface area (Å²) in [7, 11) is -3.36. The summed E-state index contributed by atoms with van der Waals surface area (Å²) in [6.07, 6.45) is 1.01. The van der Waals surface area contributed by atoms with Crippen LogP contribution in [0.4, 0.5) is 0 Å². The Labute approximate surface area is 137 Å². The van der Waals surface area contributed by atoms with Gasteiger partial charge in [0.25, 0.3) is 5.91 Å². The Balaban J connectivity index is 1.94. The average Bonchev–Trinajstić information content (AvgIpc) is 3.08. The van der Waals surface area contributed by atoms with Crippen LogP contribution in [-0.2, 0) is 23.1 Å². The van der Waals surface area contributed by atoms with Crippen molar-refractivity contribution in [3.63, 3.8) is 0 Å². The second kappa shape index (κ2) is 6.89. The van der Waals surface area contributed by atoms with Gasteiger partial charge >= 0.3 is 5.97 Å². The normalized spacial score (nSPS) is 11.4. The molecule has 2 aromatic heterocycles. The van der Waals surface area contributed by atoms with Crippen LogP contribution in [0.3, 0.4) is 0 Å². The lowest BCUT2D eigenvalue weighted by atomic mass is 10.2. The maximum absolute atomic E-state index is 12.0. The highest BCUT2D eigenvalue weighted by Gasteiger charge is 2.16. The lowest BCUT2D eigenvalue weighted by Crippen LogP contribution is -2.22. The smallest absolute Gasteiger partial charge is 0.339 e. The number of furan rings is 2. The number of hydrogen-bond acceptors (Lipinski definition) is 6. The van der Waals surface area contributed by atoms with Gasteiger partial charge in [-0.1, -0.05) is 0 Å². The van der Waals surface area contributed by atoms with E-state index in [0.29, 0.717) is 5.76 Å². The summed E-state index contributed by atoms with van der Waals surface area (Å²) in [5.74, 6) is -0.813. The van der Waals surface area contributed by atoms with Gasteiger partial charge in [-0.2, -0.15) is 0 Å². The van der Waals surface area contributed by atoms with E-state index >= 15 is 0 Å². The van der Waals surface area contributed by atoms with Gasteiger partial charge in [0.15, 0.2) is 5.76 Å². The van der Waals surface area contributed by atoms with Crippen LogP contribution in [0, 0.1) is 6.92 Å². The van der Waals surface area contributed by atoms with E-state index in [1.165, 1.54) is 25.1 Å². The molecule has 130 valence electrons. The Morgan fingerprint density at radius 2 is 1.88 bits per heavy atom. The second-order valence-electron chi connectivity index (χ2n) is 5.03. The fourth-order valence-corrected chi connectivity index (χ4v) is 2.30. The third-order valence-electron chi connectivity index (χ3n) is 3.02. The van der Waals surface area contributed by atoms with E-state index in [1.54, 1.807) is 0 Å². The number of aryl methyl sites for hydroxylation is 1. The lowest BCUT2D eigenvalue weighted by Gasteiger charge is -2.01. The number of amides is 1. The summed E-state index contributed by atoms with van der Waals surface area (Å²) in [5, 5.41) is 11.5. The predicted octanol–water partition coefficient (Wildman–Crippen LogP) is 0.858. The van der Waals surface area contributed by atoms with Gasteiger partial charge in [-0.05, 0) is 25.1 Å². The largest absolute Gasteiger partial charge is 0.478 e. The molecule has 1 amide bonds. The van der Waals surface area contributed by atoms with Gasteiger partial charge in [-0.15, -0.1) is 0 Å². The van der Waals surface area contributed by atoms with Crippen LogP contribution in [0.5, 0.6) is 0 Å². The first-order valence-electron chi connectivity index (χ1n) is 6.80. The SMILES string of the molecule is Cc1oc(CNC(=O)c2ccc(CNS(C)(=O)=O)o2)cc1C(=O)O. The first kappa shape index (κ1) is 17.8. The van der Waals surface area contributed by atoms with Crippen LogP contribution >= 0.6 is 0 Å². The Morgan fingerprint density at radius 3 is 2.46 bits per heavy atom. The first-order chi connectivity index (χ1) is 11.2. The van der Waals surface area contributed by atoms with E-state index < -0.39 is 21.9 Å². The van der Waals surface area contributed by atoms with Crippen LogP contribution in [0.2, 0.25) is 0 Å². The molecule has 0 aliphatic rings. The molecule has 0 radical (unpaired) electrons. The van der Waals surface area contributed by atoms with Crippen molar-refractivity contribution in [2.75, 3.05) is 6.26 Å². The molecule has 0 fully saturated rings. The predicted molar refractivity (Wildman–Crippen MR) is 82.0 cm³/mol. The summed E-state index contributed by atoms with van der Waals surface area (Å²) >= 11 is 0. The van der Waals surface area contributed by atoms with Crippen molar-refractivity contribution in [2.24, 2.45) is 0 Å². The Morgan fingerprint density at radius 1 is 1.17 bits per heavy atom. The number of rotatable bonds is 7. The molecular formula is C14H16N2O7S. The molecule has 2 heterocycles. The summed E-state index contributed by atoms with van der Waals surface area (Å²) < 4.78 is 34.7. The summed E-state index contributed by atoms with van der Waals surface area (Å²) in [4.78, 5) is 22.9. The highest BCUT2D eigenvalue weighted by Crippen LogP contribution is 2.15. The van der Waals surface area contributed by atoms with E-state index in [4.69, 9.17) is 13.9 Å². The molecule has 0 saturated heterocycles. The Bertz CT molecular complexity index is 864. The summed E-state index contributed by atoms with van der Waals surface area (Å²) in [6.45, 7) is 1.44.